The molecule has 0 N–H and O–H groups in total. The molecule has 1 aliphatic heterocycles. The molecule has 0 atom stereocenters. The number of hydrogen-bond acceptors (Lipinski definition) is 2. The molecule has 0 bridgehead atoms. The monoisotopic (exact) mass is 864 g/mol. The van der Waals surface area contributed by atoms with Gasteiger partial charge in [0.15, 0.2) is 0 Å². The van der Waals surface area contributed by atoms with Crippen LogP contribution in [0.4, 0.5) is 0 Å². The van der Waals surface area contributed by atoms with E-state index in [9.17, 15) is 0 Å². The molecule has 13 rings (SSSR count). The predicted octanol–water partition coefficient (Wildman–Crippen LogP) is 11.4. The molecule has 3 aromatic heterocycles. The Morgan fingerprint density at radius 2 is 0.889 bits per heavy atom. The number of rotatable bonds is 6. The van der Waals surface area contributed by atoms with Gasteiger partial charge in [-0.3, -0.25) is 0 Å². The van der Waals surface area contributed by atoms with Crippen molar-refractivity contribution in [2.75, 3.05) is 0 Å². The molecule has 1 aliphatic rings. The van der Waals surface area contributed by atoms with Crippen molar-refractivity contribution >= 4 is 74.5 Å². The molecule has 0 amide bonds. The van der Waals surface area contributed by atoms with Gasteiger partial charge in [-0.15, -0.1) is 0 Å². The Morgan fingerprint density at radius 1 is 0.365 bits per heavy atom. The van der Waals surface area contributed by atoms with Gasteiger partial charge in [-0.25, -0.2) is 0 Å². The van der Waals surface area contributed by atoms with E-state index in [2.05, 4.69) is 240 Å². The van der Waals surface area contributed by atoms with Crippen molar-refractivity contribution < 1.29 is 0 Å². The fraction of sp³-hybridized carbons (Fsp3) is 0. The van der Waals surface area contributed by atoms with Crippen LogP contribution in [-0.4, -0.2) is 32.4 Å². The average molecular weight is 864 g/mol. The van der Waals surface area contributed by atoms with Crippen LogP contribution in [0.1, 0.15) is 0 Å². The van der Waals surface area contributed by atoms with Crippen LogP contribution >= 0.6 is 0 Å². The van der Waals surface area contributed by atoms with Crippen molar-refractivity contribution in [3.05, 3.63) is 231 Å². The molecule has 5 heteroatoms. The first-order chi connectivity index (χ1) is 31.3. The SMILES string of the molecule is c1ccc(-c2nc(-c3ccccc3-n3c4ccccc4c4c3ccc3c5ccccc5n(-c5ccccc5)c34)[c]3c(n2)-c2cccc[c]2[Ge]3([c]2ccccc2)[c]2ccccc2)cc1. The third kappa shape index (κ3) is 5.16. The van der Waals surface area contributed by atoms with E-state index >= 15 is 0 Å². The Morgan fingerprint density at radius 3 is 1.59 bits per heavy atom. The molecular weight excluding hydrogens is 825 g/mol. The van der Waals surface area contributed by atoms with E-state index in [0.29, 0.717) is 0 Å². The van der Waals surface area contributed by atoms with Crippen molar-refractivity contribution in [1.82, 2.24) is 19.1 Å². The van der Waals surface area contributed by atoms with E-state index in [-0.39, 0.29) is 0 Å². The van der Waals surface area contributed by atoms with Crippen molar-refractivity contribution in [3.8, 4) is 45.3 Å². The van der Waals surface area contributed by atoms with Crippen LogP contribution in [0.3, 0.4) is 0 Å². The first-order valence-corrected chi connectivity index (χ1v) is 25.8. The number of hydrogen-bond donors (Lipinski definition) is 0. The average Bonchev–Trinajstić information content (AvgIpc) is 3.99. The van der Waals surface area contributed by atoms with Crippen molar-refractivity contribution in [1.29, 1.82) is 0 Å². The topological polar surface area (TPSA) is 35.6 Å². The summed E-state index contributed by atoms with van der Waals surface area (Å²) in [4.78, 5) is 11.4. The summed E-state index contributed by atoms with van der Waals surface area (Å²) in [6, 6.07) is 84.1. The van der Waals surface area contributed by atoms with Crippen molar-refractivity contribution in [3.63, 3.8) is 0 Å². The Bertz CT molecular complexity index is 3690. The van der Waals surface area contributed by atoms with E-state index in [1.165, 1.54) is 55.7 Å². The van der Waals surface area contributed by atoms with Crippen LogP contribution in [0, 0.1) is 0 Å². The summed E-state index contributed by atoms with van der Waals surface area (Å²) in [5.74, 6) is 0.726. The normalized spacial score (nSPS) is 12.9. The molecule has 294 valence electrons. The molecule has 0 aliphatic carbocycles. The molecule has 0 radical (unpaired) electrons. The van der Waals surface area contributed by atoms with Gasteiger partial charge < -0.3 is 0 Å². The Labute approximate surface area is 367 Å². The van der Waals surface area contributed by atoms with Crippen LogP contribution in [0.15, 0.2) is 231 Å². The van der Waals surface area contributed by atoms with Crippen LogP contribution < -0.4 is 17.6 Å². The molecule has 0 saturated carbocycles. The molecule has 63 heavy (non-hydrogen) atoms. The number of para-hydroxylation sites is 4. The number of nitrogens with zero attached hydrogens (tertiary/aromatic N) is 4. The first kappa shape index (κ1) is 35.9. The van der Waals surface area contributed by atoms with Crippen LogP contribution in [-0.2, 0) is 0 Å². The fourth-order valence-electron chi connectivity index (χ4n) is 10.7. The van der Waals surface area contributed by atoms with E-state index in [1.807, 2.05) is 0 Å². The van der Waals surface area contributed by atoms with Crippen LogP contribution in [0.2, 0.25) is 0 Å². The fourth-order valence-corrected chi connectivity index (χ4v) is 21.7. The van der Waals surface area contributed by atoms with E-state index in [4.69, 9.17) is 9.97 Å². The minimum absolute atomic E-state index is 0.726. The second-order valence-electron chi connectivity index (χ2n) is 16.4. The molecule has 12 aromatic rings. The van der Waals surface area contributed by atoms with Gasteiger partial charge in [-0.05, 0) is 0 Å². The van der Waals surface area contributed by atoms with Gasteiger partial charge in [0.1, 0.15) is 0 Å². The molecule has 0 fully saturated rings. The Kier molecular flexibility index (Phi) is 8.05. The zero-order valence-corrected chi connectivity index (χ0v) is 36.3. The standard InChI is InChI=1S/C58H38GeN4/c1-5-21-39(22-6-1)58-60-55-45-30-13-17-33-48(45)59(40-23-7-2-8-24-40,41-25-9-3-10-26-41)54(55)56(61-58)47-32-16-20-36-51(47)63-50-35-19-15-31-46(50)53-52(63)38-37-44-43-29-14-18-34-49(43)62(57(44)53)42-27-11-4-12-28-42/h1-38H. The number of fused-ring (bicyclic) bond motifs is 10. The zero-order chi connectivity index (χ0) is 41.5. The molecule has 4 heterocycles. The Hall–Kier alpha value is -7.80. The van der Waals surface area contributed by atoms with Gasteiger partial charge in [-0.1, -0.05) is 6.07 Å². The van der Waals surface area contributed by atoms with E-state index in [0.717, 1.165) is 50.7 Å². The summed E-state index contributed by atoms with van der Waals surface area (Å²) in [5, 5.41) is 4.91. The summed E-state index contributed by atoms with van der Waals surface area (Å²) in [6.45, 7) is 0. The van der Waals surface area contributed by atoms with Crippen LogP contribution in [0.25, 0.3) is 88.9 Å². The quantitative estimate of drug-likeness (QED) is 0.156. The van der Waals surface area contributed by atoms with Crippen molar-refractivity contribution in [2.45, 2.75) is 0 Å². The number of aromatic nitrogens is 4. The van der Waals surface area contributed by atoms with Gasteiger partial charge in [-0.2, -0.15) is 0 Å². The zero-order valence-electron chi connectivity index (χ0n) is 34.2. The summed E-state index contributed by atoms with van der Waals surface area (Å²) < 4.78 is 10.3. The van der Waals surface area contributed by atoms with Gasteiger partial charge >= 0.3 is 363 Å². The molecule has 0 saturated heterocycles. The third-order valence-corrected chi connectivity index (χ3v) is 23.4. The van der Waals surface area contributed by atoms with Gasteiger partial charge in [0.05, 0.1) is 0 Å². The molecular formula is C58H38GeN4. The number of benzene rings is 9. The molecule has 0 unspecified atom stereocenters. The predicted molar refractivity (Wildman–Crippen MR) is 264 cm³/mol. The molecule has 4 nitrogen and oxygen atoms in total. The van der Waals surface area contributed by atoms with Crippen molar-refractivity contribution in [2.24, 2.45) is 0 Å². The Balaban J connectivity index is 1.19. The maximum absolute atomic E-state index is 5.80. The summed E-state index contributed by atoms with van der Waals surface area (Å²) in [5.41, 5.74) is 12.2. The van der Waals surface area contributed by atoms with Gasteiger partial charge in [0.25, 0.3) is 0 Å². The molecule has 9 aromatic carbocycles. The molecule has 0 spiro atoms. The summed E-state index contributed by atoms with van der Waals surface area (Å²) in [7, 11) is 0. The third-order valence-electron chi connectivity index (χ3n) is 13.2. The second kappa shape index (κ2) is 14.1. The summed E-state index contributed by atoms with van der Waals surface area (Å²) in [6.07, 6.45) is 0. The second-order valence-corrected chi connectivity index (χ2v) is 24.2. The first-order valence-electron chi connectivity index (χ1n) is 21.6. The van der Waals surface area contributed by atoms with Gasteiger partial charge in [0, 0.05) is 0 Å². The summed E-state index contributed by atoms with van der Waals surface area (Å²) >= 11 is -3.84. The van der Waals surface area contributed by atoms with E-state index in [1.54, 1.807) is 0 Å². The van der Waals surface area contributed by atoms with Crippen LogP contribution in [0.5, 0.6) is 0 Å². The maximum atomic E-state index is 5.80. The van der Waals surface area contributed by atoms with Gasteiger partial charge in [0.2, 0.25) is 0 Å². The van der Waals surface area contributed by atoms with E-state index < -0.39 is 13.3 Å². The minimum atomic E-state index is -3.84.